The van der Waals surface area contributed by atoms with Crippen molar-refractivity contribution >= 4 is 22.7 Å². The average molecular weight is 463 g/mol. The number of aliphatic hydroxyl groups excluding tert-OH is 1. The van der Waals surface area contributed by atoms with Gasteiger partial charge < -0.3 is 21.1 Å². The zero-order valence-electron chi connectivity index (χ0n) is 20.0. The molecule has 4 N–H and O–H groups in total. The number of rotatable bonds is 5. The van der Waals surface area contributed by atoms with E-state index in [0.717, 1.165) is 66.7 Å². The van der Waals surface area contributed by atoms with E-state index in [1.807, 2.05) is 6.20 Å². The molecular formula is C25H34N8O. The molecule has 3 aromatic rings. The Morgan fingerprint density at radius 2 is 1.82 bits per heavy atom. The highest BCUT2D eigenvalue weighted by Gasteiger charge is 2.39. The molecule has 5 atom stereocenters. The summed E-state index contributed by atoms with van der Waals surface area (Å²) in [6, 6.07) is 1.96. The van der Waals surface area contributed by atoms with E-state index in [2.05, 4.69) is 40.1 Å². The van der Waals surface area contributed by atoms with Crippen molar-refractivity contribution in [1.82, 2.24) is 29.6 Å². The molecule has 0 aromatic carbocycles. The summed E-state index contributed by atoms with van der Waals surface area (Å²) in [6.07, 6.45) is 13.7. The number of nitrogens with two attached hydrogens (primary N) is 1. The van der Waals surface area contributed by atoms with Gasteiger partial charge in [-0.15, -0.1) is 0 Å². The highest BCUT2D eigenvalue weighted by Crippen LogP contribution is 2.40. The Morgan fingerprint density at radius 1 is 1.03 bits per heavy atom. The standard InChI is InChI=1S/C25H34N8O/c1-3-21-25(29-15-4-7-19(34)8-15)31-22-20(12-27-24(26)23(22)30-21)14-11-28-33(13-14)18-9-16-5-6-17(10-18)32(16)2/h11-13,15-19,34H,3-10H2,1-2H3,(H2,26,27)(H,29,31)/t15-,16-,17+,18+,19+/m1/s1. The summed E-state index contributed by atoms with van der Waals surface area (Å²) < 4.78 is 2.14. The number of aliphatic hydroxyl groups is 1. The molecule has 0 radical (unpaired) electrons. The average Bonchev–Trinajstić information content (AvgIpc) is 3.52. The van der Waals surface area contributed by atoms with Gasteiger partial charge in [-0.05, 0) is 58.4 Å². The number of aryl methyl sites for hydroxylation is 1. The summed E-state index contributed by atoms with van der Waals surface area (Å²) in [7, 11) is 2.26. The molecule has 6 rings (SSSR count). The zero-order valence-corrected chi connectivity index (χ0v) is 20.0. The molecule has 0 unspecified atom stereocenters. The molecule has 2 bridgehead atoms. The molecule has 3 fully saturated rings. The summed E-state index contributed by atoms with van der Waals surface area (Å²) in [5.74, 6) is 1.17. The smallest absolute Gasteiger partial charge is 0.151 e. The third-order valence-corrected chi connectivity index (χ3v) is 8.24. The van der Waals surface area contributed by atoms with Crippen molar-refractivity contribution in [2.45, 2.75) is 88.6 Å². The minimum Gasteiger partial charge on any atom is -0.393 e. The number of hydrogen-bond acceptors (Lipinski definition) is 8. The van der Waals surface area contributed by atoms with Crippen molar-refractivity contribution < 1.29 is 5.11 Å². The van der Waals surface area contributed by atoms with Crippen molar-refractivity contribution in [2.24, 2.45) is 0 Å². The van der Waals surface area contributed by atoms with E-state index in [1.165, 1.54) is 12.8 Å². The Hall–Kier alpha value is -2.78. The Labute approximate surface area is 199 Å². The monoisotopic (exact) mass is 462 g/mol. The predicted octanol–water partition coefficient (Wildman–Crippen LogP) is 3.16. The predicted molar refractivity (Wildman–Crippen MR) is 132 cm³/mol. The van der Waals surface area contributed by atoms with E-state index < -0.39 is 0 Å². The van der Waals surface area contributed by atoms with E-state index in [4.69, 9.17) is 20.8 Å². The van der Waals surface area contributed by atoms with Crippen LogP contribution < -0.4 is 11.1 Å². The first-order valence-corrected chi connectivity index (χ1v) is 12.7. The topological polar surface area (TPSA) is 118 Å². The lowest BCUT2D eigenvalue weighted by Crippen LogP contribution is -2.40. The van der Waals surface area contributed by atoms with Gasteiger partial charge in [0.1, 0.15) is 16.9 Å². The van der Waals surface area contributed by atoms with Crippen LogP contribution in [0.4, 0.5) is 11.6 Å². The summed E-state index contributed by atoms with van der Waals surface area (Å²) in [4.78, 5) is 16.9. The maximum atomic E-state index is 9.95. The van der Waals surface area contributed by atoms with Gasteiger partial charge in [-0.1, -0.05) is 6.92 Å². The summed E-state index contributed by atoms with van der Waals surface area (Å²) in [5, 5.41) is 18.3. The molecule has 180 valence electrons. The van der Waals surface area contributed by atoms with Crippen LogP contribution in [0.1, 0.15) is 63.6 Å². The molecule has 5 heterocycles. The third-order valence-electron chi connectivity index (χ3n) is 8.24. The van der Waals surface area contributed by atoms with Gasteiger partial charge in [0.2, 0.25) is 0 Å². The van der Waals surface area contributed by atoms with Crippen molar-refractivity contribution in [3.8, 4) is 11.1 Å². The number of nitrogen functional groups attached to an aromatic ring is 1. The first-order chi connectivity index (χ1) is 16.5. The second-order valence-electron chi connectivity index (χ2n) is 10.3. The molecule has 0 spiro atoms. The number of anilines is 2. The van der Waals surface area contributed by atoms with Crippen LogP contribution in [0.15, 0.2) is 18.6 Å². The minimum absolute atomic E-state index is 0.206. The molecule has 2 aliphatic heterocycles. The maximum absolute atomic E-state index is 9.95. The van der Waals surface area contributed by atoms with Crippen molar-refractivity contribution in [1.29, 1.82) is 0 Å². The molecule has 1 aliphatic carbocycles. The number of aromatic nitrogens is 5. The van der Waals surface area contributed by atoms with Crippen LogP contribution in [0, 0.1) is 0 Å². The first kappa shape index (κ1) is 21.7. The largest absolute Gasteiger partial charge is 0.393 e. The van der Waals surface area contributed by atoms with E-state index in [9.17, 15) is 5.11 Å². The quantitative estimate of drug-likeness (QED) is 0.529. The number of fused-ring (bicyclic) bond motifs is 3. The van der Waals surface area contributed by atoms with Crippen LogP contribution in [-0.4, -0.2) is 66.0 Å². The highest BCUT2D eigenvalue weighted by molar-refractivity contribution is 5.96. The Balaban J connectivity index is 1.36. The highest BCUT2D eigenvalue weighted by atomic mass is 16.3. The summed E-state index contributed by atoms with van der Waals surface area (Å²) in [5.41, 5.74) is 10.4. The lowest BCUT2D eigenvalue weighted by atomic mass is 9.98. The van der Waals surface area contributed by atoms with Crippen LogP contribution in [0.2, 0.25) is 0 Å². The van der Waals surface area contributed by atoms with E-state index in [-0.39, 0.29) is 12.1 Å². The van der Waals surface area contributed by atoms with E-state index >= 15 is 0 Å². The lowest BCUT2D eigenvalue weighted by molar-refractivity contribution is 0.131. The van der Waals surface area contributed by atoms with E-state index in [0.29, 0.717) is 29.5 Å². The fourth-order valence-electron chi connectivity index (χ4n) is 6.22. The molecule has 34 heavy (non-hydrogen) atoms. The molecule has 1 saturated carbocycles. The van der Waals surface area contributed by atoms with Crippen molar-refractivity contribution in [2.75, 3.05) is 18.1 Å². The van der Waals surface area contributed by atoms with Crippen LogP contribution in [0.25, 0.3) is 22.2 Å². The number of piperidine rings is 1. The fraction of sp³-hybridized carbons (Fsp3) is 0.600. The zero-order chi connectivity index (χ0) is 23.4. The summed E-state index contributed by atoms with van der Waals surface area (Å²) in [6.45, 7) is 2.07. The van der Waals surface area contributed by atoms with Gasteiger partial charge >= 0.3 is 0 Å². The molecule has 2 saturated heterocycles. The first-order valence-electron chi connectivity index (χ1n) is 12.7. The van der Waals surface area contributed by atoms with E-state index in [1.54, 1.807) is 6.20 Å². The summed E-state index contributed by atoms with van der Waals surface area (Å²) >= 11 is 0. The van der Waals surface area contributed by atoms with Crippen LogP contribution in [-0.2, 0) is 6.42 Å². The van der Waals surface area contributed by atoms with Gasteiger partial charge in [-0.2, -0.15) is 5.10 Å². The van der Waals surface area contributed by atoms with Gasteiger partial charge in [0.25, 0.3) is 0 Å². The molecule has 0 amide bonds. The number of nitrogens with one attached hydrogen (secondary N) is 1. The lowest BCUT2D eigenvalue weighted by Gasteiger charge is -2.36. The van der Waals surface area contributed by atoms with Gasteiger partial charge in [0.15, 0.2) is 5.82 Å². The second-order valence-corrected chi connectivity index (χ2v) is 10.3. The van der Waals surface area contributed by atoms with Gasteiger partial charge in [-0.3, -0.25) is 4.68 Å². The molecule has 9 nitrogen and oxygen atoms in total. The van der Waals surface area contributed by atoms with Gasteiger partial charge in [-0.25, -0.2) is 15.0 Å². The number of nitrogens with zero attached hydrogens (tertiary/aromatic N) is 6. The molecule has 9 heteroatoms. The van der Waals surface area contributed by atoms with Crippen LogP contribution >= 0.6 is 0 Å². The van der Waals surface area contributed by atoms with Crippen molar-refractivity contribution in [3.05, 3.63) is 24.3 Å². The van der Waals surface area contributed by atoms with Crippen molar-refractivity contribution in [3.63, 3.8) is 0 Å². The number of hydrogen-bond donors (Lipinski definition) is 3. The Morgan fingerprint density at radius 3 is 2.53 bits per heavy atom. The molecular weight excluding hydrogens is 428 g/mol. The maximum Gasteiger partial charge on any atom is 0.151 e. The minimum atomic E-state index is -0.243. The third kappa shape index (κ3) is 3.71. The van der Waals surface area contributed by atoms with Gasteiger partial charge in [0.05, 0.1) is 24.0 Å². The van der Waals surface area contributed by atoms with Gasteiger partial charge in [0, 0.05) is 41.6 Å². The molecule has 3 aromatic heterocycles. The second kappa shape index (κ2) is 8.46. The fourth-order valence-corrected chi connectivity index (χ4v) is 6.22. The van der Waals surface area contributed by atoms with Crippen LogP contribution in [0.3, 0.4) is 0 Å². The normalized spacial score (nSPS) is 29.2. The number of pyridine rings is 1. The SMILES string of the molecule is CCc1nc2c(N)ncc(-c3cnn([C@H]4C[C@H]5CC[C@@H](C4)N5C)c3)c2nc1N[C@@H]1CC[C@H](O)C1. The molecule has 3 aliphatic rings. The Kier molecular flexibility index (Phi) is 5.41. The van der Waals surface area contributed by atoms with Crippen LogP contribution in [0.5, 0.6) is 0 Å². The Bertz CT molecular complexity index is 1200.